The highest BCUT2D eigenvalue weighted by atomic mass is 19.4. The van der Waals surface area contributed by atoms with Crippen LogP contribution in [-0.2, 0) is 14.2 Å². The van der Waals surface area contributed by atoms with Crippen LogP contribution in [0.15, 0.2) is 18.5 Å². The molecule has 1 aromatic heterocycles. The molecule has 1 saturated carbocycles. The fourth-order valence-corrected chi connectivity index (χ4v) is 4.48. The zero-order valence-electron chi connectivity index (χ0n) is 18.8. The average molecular weight is 483 g/mol. The molecule has 0 spiro atoms. The first-order valence-electron chi connectivity index (χ1n) is 11.5. The van der Waals surface area contributed by atoms with Gasteiger partial charge in [-0.15, -0.1) is 0 Å². The Morgan fingerprint density at radius 3 is 2.44 bits per heavy atom. The van der Waals surface area contributed by atoms with Crippen molar-refractivity contribution in [2.24, 2.45) is 5.92 Å². The molecule has 0 unspecified atom stereocenters. The van der Waals surface area contributed by atoms with Crippen molar-refractivity contribution >= 4 is 6.09 Å². The Kier molecular flexibility index (Phi) is 7.48. The number of nitrogens with zero attached hydrogens (tertiary/aromatic N) is 3. The molecule has 2 aliphatic heterocycles. The van der Waals surface area contributed by atoms with Crippen LogP contribution in [0, 0.1) is 17.2 Å². The lowest BCUT2D eigenvalue weighted by molar-refractivity contribution is -0.333. The van der Waals surface area contributed by atoms with Crippen LogP contribution in [0.4, 0.5) is 18.0 Å². The fourth-order valence-electron chi connectivity index (χ4n) is 4.48. The van der Waals surface area contributed by atoms with Crippen LogP contribution in [-0.4, -0.2) is 72.9 Å². The number of halogens is 3. The number of alkyl halides is 3. The van der Waals surface area contributed by atoms with Crippen molar-refractivity contribution in [1.82, 2.24) is 9.88 Å². The predicted molar refractivity (Wildman–Crippen MR) is 112 cm³/mol. The molecule has 4 rings (SSSR count). The van der Waals surface area contributed by atoms with Crippen LogP contribution in [0.2, 0.25) is 0 Å². The third kappa shape index (κ3) is 5.55. The van der Waals surface area contributed by atoms with Gasteiger partial charge in [-0.1, -0.05) is 0 Å². The first-order chi connectivity index (χ1) is 16.3. The third-order valence-electron chi connectivity index (χ3n) is 6.72. The van der Waals surface area contributed by atoms with Crippen molar-refractivity contribution in [2.45, 2.75) is 62.5 Å². The quantitative estimate of drug-likeness (QED) is 0.607. The van der Waals surface area contributed by atoms with Crippen LogP contribution in [0.25, 0.3) is 0 Å². The van der Waals surface area contributed by atoms with Crippen LogP contribution < -0.4 is 4.74 Å². The molecule has 34 heavy (non-hydrogen) atoms. The van der Waals surface area contributed by atoms with Crippen molar-refractivity contribution < 1.29 is 36.9 Å². The minimum Gasteiger partial charge on any atom is -0.492 e. The summed E-state index contributed by atoms with van der Waals surface area (Å²) in [5.74, 6) is 0.930. The lowest BCUT2D eigenvalue weighted by Crippen LogP contribution is -2.64. The standard InChI is InChI=1S/C23H28F3N3O5/c24-23(25,26)22(14-31-15-22)34-21(30)29-9-6-19(7-10-29)33-18-3-1-16(2-4-18)13-32-20-5-8-28-12-17(20)11-27/h5,8,12,16,18-19H,1-4,6-7,9-10,13-15H2. The molecule has 1 aliphatic carbocycles. The second-order valence-electron chi connectivity index (χ2n) is 9.11. The van der Waals surface area contributed by atoms with Gasteiger partial charge in [0.15, 0.2) is 0 Å². The monoisotopic (exact) mass is 483 g/mol. The molecular formula is C23H28F3N3O5. The highest BCUT2D eigenvalue weighted by molar-refractivity contribution is 5.68. The Morgan fingerprint density at radius 1 is 1.18 bits per heavy atom. The van der Waals surface area contributed by atoms with Gasteiger partial charge < -0.3 is 23.8 Å². The number of carbonyl (C=O) groups is 1. The lowest BCUT2D eigenvalue weighted by Gasteiger charge is -2.43. The zero-order chi connectivity index (χ0) is 24.2. The Labute approximate surface area is 195 Å². The highest BCUT2D eigenvalue weighted by Gasteiger charge is 2.64. The lowest BCUT2D eigenvalue weighted by atomic mass is 9.87. The number of carbonyl (C=O) groups excluding carboxylic acids is 1. The second kappa shape index (κ2) is 10.4. The summed E-state index contributed by atoms with van der Waals surface area (Å²) in [6, 6.07) is 3.77. The number of amides is 1. The largest absolute Gasteiger partial charge is 0.492 e. The third-order valence-corrected chi connectivity index (χ3v) is 6.72. The van der Waals surface area contributed by atoms with Crippen molar-refractivity contribution in [3.8, 4) is 11.8 Å². The predicted octanol–water partition coefficient (Wildman–Crippen LogP) is 3.84. The molecule has 11 heteroatoms. The summed E-state index contributed by atoms with van der Waals surface area (Å²) < 4.78 is 61.1. The maximum Gasteiger partial charge on any atom is 0.433 e. The van der Waals surface area contributed by atoms with Gasteiger partial charge in [0.25, 0.3) is 5.60 Å². The van der Waals surface area contributed by atoms with Crippen LogP contribution in [0.5, 0.6) is 5.75 Å². The van der Waals surface area contributed by atoms with Gasteiger partial charge in [-0.3, -0.25) is 4.98 Å². The van der Waals surface area contributed by atoms with Gasteiger partial charge >= 0.3 is 12.3 Å². The Bertz CT molecular complexity index is 887. The number of nitriles is 1. The van der Waals surface area contributed by atoms with Gasteiger partial charge in [0.2, 0.25) is 0 Å². The highest BCUT2D eigenvalue weighted by Crippen LogP contribution is 2.40. The molecule has 3 fully saturated rings. The number of rotatable bonds is 6. The second-order valence-corrected chi connectivity index (χ2v) is 9.11. The summed E-state index contributed by atoms with van der Waals surface area (Å²) in [7, 11) is 0. The van der Waals surface area contributed by atoms with Crippen LogP contribution in [0.1, 0.15) is 44.1 Å². The van der Waals surface area contributed by atoms with Gasteiger partial charge in [-0.25, -0.2) is 4.79 Å². The first-order valence-corrected chi connectivity index (χ1v) is 11.5. The Morgan fingerprint density at radius 2 is 1.85 bits per heavy atom. The summed E-state index contributed by atoms with van der Waals surface area (Å²) in [6.07, 6.45) is 2.39. The van der Waals surface area contributed by atoms with Crippen LogP contribution in [0.3, 0.4) is 0 Å². The Balaban J connectivity index is 1.15. The van der Waals surface area contributed by atoms with E-state index in [-0.39, 0.29) is 12.2 Å². The first kappa shape index (κ1) is 24.5. The van der Waals surface area contributed by atoms with Crippen molar-refractivity contribution in [3.05, 3.63) is 24.0 Å². The molecule has 3 heterocycles. The molecule has 2 saturated heterocycles. The van der Waals surface area contributed by atoms with E-state index in [1.807, 2.05) is 0 Å². The van der Waals surface area contributed by atoms with Gasteiger partial charge in [0.05, 0.1) is 32.0 Å². The summed E-state index contributed by atoms with van der Waals surface area (Å²) in [4.78, 5) is 17.5. The molecule has 0 N–H and O–H groups in total. The molecule has 1 amide bonds. The molecular weight excluding hydrogens is 455 g/mol. The van der Waals surface area contributed by atoms with E-state index in [4.69, 9.17) is 19.5 Å². The minimum atomic E-state index is -4.65. The molecule has 0 atom stereocenters. The van der Waals surface area contributed by atoms with E-state index < -0.39 is 31.1 Å². The maximum atomic E-state index is 13.2. The molecule has 0 bridgehead atoms. The van der Waals surface area contributed by atoms with Crippen molar-refractivity contribution in [3.63, 3.8) is 0 Å². The number of likely N-dealkylation sites (tertiary alicyclic amines) is 1. The van der Waals surface area contributed by atoms with E-state index in [0.29, 0.717) is 49.8 Å². The summed E-state index contributed by atoms with van der Waals surface area (Å²) >= 11 is 0. The number of ether oxygens (including phenoxy) is 4. The number of hydrogen-bond acceptors (Lipinski definition) is 7. The van der Waals surface area contributed by atoms with E-state index in [0.717, 1.165) is 25.7 Å². The van der Waals surface area contributed by atoms with Gasteiger partial charge in [0.1, 0.15) is 17.4 Å². The topological polar surface area (TPSA) is 93.9 Å². The maximum absolute atomic E-state index is 13.2. The van der Waals surface area contributed by atoms with E-state index in [1.165, 1.54) is 11.1 Å². The van der Waals surface area contributed by atoms with Crippen LogP contribution >= 0.6 is 0 Å². The Hall–Kier alpha value is -2.58. The number of hydrogen-bond donors (Lipinski definition) is 0. The summed E-state index contributed by atoms with van der Waals surface area (Å²) in [6.45, 7) is -0.172. The molecule has 3 aliphatic rings. The van der Waals surface area contributed by atoms with Gasteiger partial charge in [0, 0.05) is 25.5 Å². The molecule has 186 valence electrons. The summed E-state index contributed by atoms with van der Waals surface area (Å²) in [5.41, 5.74) is -2.10. The number of aromatic nitrogens is 1. The van der Waals surface area contributed by atoms with Crippen molar-refractivity contribution in [1.29, 1.82) is 5.26 Å². The fraction of sp³-hybridized carbons (Fsp3) is 0.696. The van der Waals surface area contributed by atoms with E-state index in [9.17, 15) is 18.0 Å². The number of pyridine rings is 1. The van der Waals surface area contributed by atoms with E-state index >= 15 is 0 Å². The molecule has 0 radical (unpaired) electrons. The van der Waals surface area contributed by atoms with Crippen molar-refractivity contribution in [2.75, 3.05) is 32.9 Å². The summed E-state index contributed by atoms with van der Waals surface area (Å²) in [5, 5.41) is 9.12. The average Bonchev–Trinajstić information content (AvgIpc) is 2.80. The number of piperidine rings is 1. The smallest absolute Gasteiger partial charge is 0.433 e. The minimum absolute atomic E-state index is 0.0273. The van der Waals surface area contributed by atoms with Gasteiger partial charge in [-0.05, 0) is 50.5 Å². The normalized spacial score (nSPS) is 25.2. The molecule has 8 nitrogen and oxygen atoms in total. The SMILES string of the molecule is N#Cc1cnccc1OCC1CCC(OC2CCN(C(=O)OC3(C(F)(F)F)COC3)CC2)CC1. The zero-order valence-corrected chi connectivity index (χ0v) is 18.8. The molecule has 0 aromatic carbocycles. The van der Waals surface area contributed by atoms with Gasteiger partial charge in [-0.2, -0.15) is 18.4 Å². The van der Waals surface area contributed by atoms with E-state index in [1.54, 1.807) is 12.3 Å². The van der Waals surface area contributed by atoms with E-state index in [2.05, 4.69) is 15.8 Å². The molecule has 1 aromatic rings.